The highest BCUT2D eigenvalue weighted by Gasteiger charge is 2.56. The van der Waals surface area contributed by atoms with Gasteiger partial charge in [-0.25, -0.2) is 0 Å². The molecule has 0 N–H and O–H groups in total. The van der Waals surface area contributed by atoms with Crippen LogP contribution in [0.15, 0.2) is 30.3 Å². The minimum Gasteiger partial charge on any atom is -0.0622 e. The zero-order chi connectivity index (χ0) is 69.2. The summed E-state index contributed by atoms with van der Waals surface area (Å²) in [6.07, 6.45) is 48.4. The van der Waals surface area contributed by atoms with Crippen LogP contribution in [0.3, 0.4) is 0 Å². The molecule has 1 aromatic carbocycles. The van der Waals surface area contributed by atoms with Gasteiger partial charge in [-0.2, -0.15) is 0 Å². The van der Waals surface area contributed by atoms with Crippen molar-refractivity contribution in [1.29, 1.82) is 0 Å². The Labute approximate surface area is 570 Å². The molecule has 16 fully saturated rings. The zero-order valence-corrected chi connectivity index (χ0v) is 65.5. The van der Waals surface area contributed by atoms with Crippen LogP contribution in [-0.2, 0) is 5.41 Å². The van der Waals surface area contributed by atoms with Crippen LogP contribution in [-0.4, -0.2) is 0 Å². The minimum absolute atomic E-state index is 0.111. The third-order valence-corrected chi connectivity index (χ3v) is 27.6. The average molecular weight is 1250 g/mol. The van der Waals surface area contributed by atoms with Crippen molar-refractivity contribution in [3.8, 4) is 0 Å². The standard InChI is InChI=1S/3C14H24.2C10H20.C10H14.2C9H18/c1-13(2,3)14-7-10-4-11(8-14)6-12(5-10)9-14;2*1-14(2,3)13-11-5-9-4-10(7-11)8-12(13)6-9;3*1-10(2,3)9-7-5-4-6-8-9;2*1-9(2,3)8-6-4-5-7-8/h10-12H,4-9H2,1-3H3;2*9-13H,4-8H2,1-3H3;2*9H,4-8H2,1-3H3;4-8H,1-3H3;2*8H,4-7H2,1-3H3/i;13D;;9D;;;8D;. The first-order chi connectivity index (χ1) is 42.7. The largest absolute Gasteiger partial charge is 0.0622 e. The predicted octanol–water partition coefficient (Wildman–Crippen LogP) is 29.1. The van der Waals surface area contributed by atoms with E-state index in [1.165, 1.54) is 128 Å². The van der Waals surface area contributed by atoms with Crippen LogP contribution in [0.4, 0.5) is 0 Å². The fraction of sp³-hybridized carbons (Fsp3) is 0.933. The Bertz CT molecular complexity index is 2250. The Morgan fingerprint density at radius 3 is 0.833 bits per heavy atom. The maximum Gasteiger partial charge on any atom is 0.0314 e. The van der Waals surface area contributed by atoms with E-state index in [0.717, 1.165) is 102 Å². The van der Waals surface area contributed by atoms with Gasteiger partial charge in [0.2, 0.25) is 0 Å². The van der Waals surface area contributed by atoms with E-state index in [4.69, 9.17) is 4.11 Å². The first-order valence-electron chi connectivity index (χ1n) is 41.7. The van der Waals surface area contributed by atoms with E-state index < -0.39 is 0 Å². The van der Waals surface area contributed by atoms with Crippen molar-refractivity contribution in [3.63, 3.8) is 0 Å². The lowest BCUT2D eigenvalue weighted by atomic mass is 9.43. The van der Waals surface area contributed by atoms with Crippen LogP contribution >= 0.6 is 0 Å². The highest BCUT2D eigenvalue weighted by atomic mass is 14.6. The summed E-state index contributed by atoms with van der Waals surface area (Å²) in [5.74, 6) is 13.9. The second-order valence-electron chi connectivity index (χ2n) is 42.9. The van der Waals surface area contributed by atoms with E-state index in [-0.39, 0.29) is 33.9 Å². The lowest BCUT2D eigenvalue weighted by Gasteiger charge is -2.62. The molecule has 0 nitrogen and oxygen atoms in total. The summed E-state index contributed by atoms with van der Waals surface area (Å²) in [6.45, 7) is 55.8. The number of rotatable bonds is 0. The summed E-state index contributed by atoms with van der Waals surface area (Å²) in [5.41, 5.74) is 5.24. The minimum atomic E-state index is -0.134. The van der Waals surface area contributed by atoms with Gasteiger partial charge in [0, 0.05) is 4.11 Å². The maximum atomic E-state index is 9.00. The molecule has 17 rings (SSSR count). The Morgan fingerprint density at radius 1 is 0.300 bits per heavy atom. The summed E-state index contributed by atoms with van der Waals surface area (Å²) in [4.78, 5) is 0. The van der Waals surface area contributed by atoms with Crippen LogP contribution in [0.5, 0.6) is 0 Å². The van der Waals surface area contributed by atoms with Crippen molar-refractivity contribution in [1.82, 2.24) is 0 Å². The molecule has 16 aliphatic carbocycles. The van der Waals surface area contributed by atoms with E-state index in [9.17, 15) is 0 Å². The van der Waals surface area contributed by atoms with Gasteiger partial charge in [-0.15, -0.1) is 0 Å². The monoisotopic (exact) mass is 1250 g/mol. The molecule has 0 spiro atoms. The number of hydrogen-bond acceptors (Lipinski definition) is 0. The summed E-state index contributed by atoms with van der Waals surface area (Å²) in [7, 11) is 0. The van der Waals surface area contributed by atoms with Crippen LogP contribution in [0.25, 0.3) is 0 Å². The van der Waals surface area contributed by atoms with Gasteiger partial charge in [-0.05, 0) is 309 Å². The predicted molar refractivity (Wildman–Crippen MR) is 400 cm³/mol. The molecule has 0 atom stereocenters. The third kappa shape index (κ3) is 22.1. The lowest BCUT2D eigenvalue weighted by Crippen LogP contribution is -2.51. The average Bonchev–Trinajstić information content (AvgIpc) is 0.919. The number of hydrogen-bond donors (Lipinski definition) is 0. The molecule has 0 heterocycles. The topological polar surface area (TPSA) is 0 Å². The van der Waals surface area contributed by atoms with Gasteiger partial charge in [0.15, 0.2) is 0 Å². The molecule has 0 aliphatic heterocycles. The quantitative estimate of drug-likeness (QED) is 0.243. The summed E-state index contributed by atoms with van der Waals surface area (Å²) >= 11 is 0. The molecule has 0 radical (unpaired) electrons. The molecule has 0 amide bonds. The van der Waals surface area contributed by atoms with Gasteiger partial charge in [0.25, 0.3) is 0 Å². The molecular formula is C90H162. The van der Waals surface area contributed by atoms with Crippen LogP contribution < -0.4 is 0 Å². The molecule has 90 heavy (non-hydrogen) atoms. The highest BCUT2D eigenvalue weighted by molar-refractivity contribution is 5.22. The van der Waals surface area contributed by atoms with Crippen molar-refractivity contribution in [2.75, 3.05) is 0 Å². The van der Waals surface area contributed by atoms with Gasteiger partial charge < -0.3 is 0 Å². The van der Waals surface area contributed by atoms with Crippen molar-refractivity contribution >= 4 is 0 Å². The first-order valence-corrected chi connectivity index (χ1v) is 40.2. The smallest absolute Gasteiger partial charge is 0.0314 e. The Kier molecular flexibility index (Phi) is 25.1. The maximum absolute atomic E-state index is 9.00. The molecule has 16 saturated carbocycles. The van der Waals surface area contributed by atoms with Gasteiger partial charge in [-0.3, -0.25) is 0 Å². The van der Waals surface area contributed by atoms with Crippen LogP contribution in [0.2, 0.25) is 0 Å². The summed E-state index contributed by atoms with van der Waals surface area (Å²) in [5, 5.41) is 0. The molecule has 16 aliphatic rings. The van der Waals surface area contributed by atoms with E-state index in [1.54, 1.807) is 70.6 Å². The Morgan fingerprint density at radius 2 is 0.589 bits per heavy atom. The molecule has 522 valence electrons. The normalized spacial score (nSPS) is 36.9. The van der Waals surface area contributed by atoms with E-state index in [1.807, 2.05) is 0 Å². The SMILES string of the molecule is CC(C)(C)C12CC3CC(CC(C3)C1)C2.CC(C)(C)C1C2CC3CC(C2)CC1C3.CC(C)(C)C1CCCC1.CC(C)(C)C1CCCCC1.CC(C)(C)c1ccccc1.[2H]C1(C(C)(C)C)C2CC3CC(C2)CC1C3.[2H]C1(C(C)(C)C)CCCC1.[2H]C1(C(C)(C)C)CCCCC1. The van der Waals surface area contributed by atoms with Crippen LogP contribution in [0, 0.1) is 144 Å². The van der Waals surface area contributed by atoms with Gasteiger partial charge in [0.1, 0.15) is 0 Å². The van der Waals surface area contributed by atoms with Gasteiger partial charge in [0.05, 0.1) is 0 Å². The third-order valence-electron chi connectivity index (χ3n) is 27.6. The van der Waals surface area contributed by atoms with Crippen molar-refractivity contribution in [3.05, 3.63) is 35.9 Å². The summed E-state index contributed by atoms with van der Waals surface area (Å²) < 4.78 is 25.4. The Balaban J connectivity index is 0.000000152. The fourth-order valence-electron chi connectivity index (χ4n) is 23.3. The molecule has 0 aromatic heterocycles. The van der Waals surface area contributed by atoms with E-state index >= 15 is 0 Å². The van der Waals surface area contributed by atoms with Crippen LogP contribution in [0.1, 0.15) is 394 Å². The number of benzene rings is 1. The summed E-state index contributed by atoms with van der Waals surface area (Å²) in [6, 6.07) is 10.6. The Hall–Kier alpha value is -0.780. The van der Waals surface area contributed by atoms with E-state index in [2.05, 4.69) is 197 Å². The molecule has 12 bridgehead atoms. The molecule has 0 unspecified atom stereocenters. The molecular weight excluding hydrogens is 1080 g/mol. The lowest BCUT2D eigenvalue weighted by molar-refractivity contribution is -0.113. The zero-order valence-electron chi connectivity index (χ0n) is 68.5. The van der Waals surface area contributed by atoms with Gasteiger partial charge in [-0.1, -0.05) is 261 Å². The molecule has 0 saturated heterocycles. The second-order valence-corrected chi connectivity index (χ2v) is 42.9. The van der Waals surface area contributed by atoms with Crippen molar-refractivity contribution < 1.29 is 4.11 Å². The molecule has 1 aromatic rings. The molecule has 0 heteroatoms. The van der Waals surface area contributed by atoms with Crippen molar-refractivity contribution in [2.45, 2.75) is 390 Å². The highest BCUT2D eigenvalue weighted by Crippen LogP contribution is 2.66. The first kappa shape index (κ1) is 72.0. The van der Waals surface area contributed by atoms with Crippen molar-refractivity contribution in [2.24, 2.45) is 144 Å². The van der Waals surface area contributed by atoms with E-state index in [0.29, 0.717) is 38.9 Å². The fourth-order valence-corrected chi connectivity index (χ4v) is 23.3. The van der Waals surface area contributed by atoms with Gasteiger partial charge >= 0.3 is 0 Å². The second kappa shape index (κ2) is 31.4.